The van der Waals surface area contributed by atoms with Crippen molar-refractivity contribution in [3.05, 3.63) is 47.7 Å². The van der Waals surface area contributed by atoms with Gasteiger partial charge in [-0.2, -0.15) is 5.10 Å². The second-order valence-electron chi connectivity index (χ2n) is 5.62. The minimum Gasteiger partial charge on any atom is -0.247 e. The number of rotatable bonds is 5. The van der Waals surface area contributed by atoms with E-state index in [2.05, 4.69) is 17.0 Å². The monoisotopic (exact) mass is 315 g/mol. The zero-order valence-electron chi connectivity index (χ0n) is 13.3. The molecule has 0 aliphatic heterocycles. The van der Waals surface area contributed by atoms with Gasteiger partial charge in [-0.05, 0) is 19.4 Å². The van der Waals surface area contributed by atoms with E-state index in [1.165, 1.54) is 6.07 Å². The average Bonchev–Trinajstić information content (AvgIpc) is 2.89. The molecule has 3 rings (SSSR count). The Hall–Kier alpha value is -2.30. The lowest BCUT2D eigenvalue weighted by atomic mass is 10.1. The summed E-state index contributed by atoms with van der Waals surface area (Å²) in [5, 5.41) is 4.91. The van der Waals surface area contributed by atoms with Crippen molar-refractivity contribution in [1.29, 1.82) is 0 Å². The number of pyridine rings is 1. The van der Waals surface area contributed by atoms with Crippen LogP contribution >= 0.6 is 0 Å². The lowest BCUT2D eigenvalue weighted by Gasteiger charge is -2.08. The molecule has 0 bridgehead atoms. The van der Waals surface area contributed by atoms with Crippen LogP contribution in [0.3, 0.4) is 0 Å². The van der Waals surface area contributed by atoms with Gasteiger partial charge in [-0.3, -0.25) is 0 Å². The SMILES string of the molecule is CCCCn1nc(C)c2c(C(F)F)cc(-c3ccccc3)nc21. The van der Waals surface area contributed by atoms with Gasteiger partial charge in [-0.15, -0.1) is 0 Å². The van der Waals surface area contributed by atoms with Gasteiger partial charge in [-0.1, -0.05) is 43.7 Å². The van der Waals surface area contributed by atoms with Crippen LogP contribution in [-0.4, -0.2) is 14.8 Å². The van der Waals surface area contributed by atoms with Gasteiger partial charge in [0.1, 0.15) is 0 Å². The third kappa shape index (κ3) is 2.96. The highest BCUT2D eigenvalue weighted by molar-refractivity contribution is 5.85. The lowest BCUT2D eigenvalue weighted by molar-refractivity contribution is 0.153. The molecule has 0 spiro atoms. The number of fused-ring (bicyclic) bond motifs is 1. The fourth-order valence-corrected chi connectivity index (χ4v) is 2.78. The second-order valence-corrected chi connectivity index (χ2v) is 5.62. The van der Waals surface area contributed by atoms with Gasteiger partial charge in [0.05, 0.1) is 16.8 Å². The predicted molar refractivity (Wildman–Crippen MR) is 87.6 cm³/mol. The van der Waals surface area contributed by atoms with Crippen molar-refractivity contribution in [2.24, 2.45) is 0 Å². The summed E-state index contributed by atoms with van der Waals surface area (Å²) in [4.78, 5) is 4.63. The quantitative estimate of drug-likeness (QED) is 0.652. The van der Waals surface area contributed by atoms with Crippen LogP contribution in [0.2, 0.25) is 0 Å². The van der Waals surface area contributed by atoms with Gasteiger partial charge in [0.2, 0.25) is 0 Å². The fourth-order valence-electron chi connectivity index (χ4n) is 2.78. The Bertz CT molecular complexity index is 810. The maximum atomic E-state index is 13.6. The first-order chi connectivity index (χ1) is 11.1. The molecule has 0 atom stereocenters. The van der Waals surface area contributed by atoms with Crippen molar-refractivity contribution in [3.63, 3.8) is 0 Å². The molecular formula is C18H19F2N3. The minimum atomic E-state index is -2.55. The van der Waals surface area contributed by atoms with Gasteiger partial charge < -0.3 is 0 Å². The number of hydrogen-bond donors (Lipinski definition) is 0. The number of benzene rings is 1. The molecule has 23 heavy (non-hydrogen) atoms. The van der Waals surface area contributed by atoms with Crippen molar-refractivity contribution < 1.29 is 8.78 Å². The molecule has 2 aromatic heterocycles. The molecule has 0 saturated carbocycles. The molecule has 3 nitrogen and oxygen atoms in total. The van der Waals surface area contributed by atoms with E-state index in [0.717, 1.165) is 18.4 Å². The summed E-state index contributed by atoms with van der Waals surface area (Å²) in [5.41, 5.74) is 2.56. The van der Waals surface area contributed by atoms with Crippen LogP contribution in [-0.2, 0) is 6.54 Å². The Labute approximate surface area is 134 Å². The third-order valence-electron chi connectivity index (χ3n) is 3.94. The van der Waals surface area contributed by atoms with E-state index in [1.54, 1.807) is 11.6 Å². The van der Waals surface area contributed by atoms with E-state index in [1.807, 2.05) is 30.3 Å². The molecule has 0 aliphatic carbocycles. The first-order valence-electron chi connectivity index (χ1n) is 7.83. The van der Waals surface area contributed by atoms with Crippen molar-refractivity contribution in [2.45, 2.75) is 39.7 Å². The largest absolute Gasteiger partial charge is 0.264 e. The normalized spacial score (nSPS) is 11.5. The van der Waals surface area contributed by atoms with E-state index in [0.29, 0.717) is 29.0 Å². The highest BCUT2D eigenvalue weighted by atomic mass is 19.3. The molecule has 120 valence electrons. The lowest BCUT2D eigenvalue weighted by Crippen LogP contribution is -2.02. The molecule has 3 aromatic rings. The number of halogens is 2. The Morgan fingerprint density at radius 1 is 1.17 bits per heavy atom. The van der Waals surface area contributed by atoms with Crippen LogP contribution in [0.25, 0.3) is 22.3 Å². The Balaban J connectivity index is 2.24. The van der Waals surface area contributed by atoms with Crippen LogP contribution in [0.15, 0.2) is 36.4 Å². The van der Waals surface area contributed by atoms with Crippen molar-refractivity contribution >= 4 is 11.0 Å². The van der Waals surface area contributed by atoms with Crippen LogP contribution < -0.4 is 0 Å². The van der Waals surface area contributed by atoms with E-state index in [-0.39, 0.29) is 5.56 Å². The molecule has 2 heterocycles. The topological polar surface area (TPSA) is 30.7 Å². The van der Waals surface area contributed by atoms with Crippen molar-refractivity contribution in [2.75, 3.05) is 0 Å². The predicted octanol–water partition coefficient (Wildman–Crippen LogP) is 5.14. The number of nitrogens with zero attached hydrogens (tertiary/aromatic N) is 3. The van der Waals surface area contributed by atoms with Crippen LogP contribution in [0.5, 0.6) is 0 Å². The summed E-state index contributed by atoms with van der Waals surface area (Å²) in [6, 6.07) is 10.9. The van der Waals surface area contributed by atoms with Crippen molar-refractivity contribution in [3.8, 4) is 11.3 Å². The van der Waals surface area contributed by atoms with Crippen molar-refractivity contribution in [1.82, 2.24) is 14.8 Å². The van der Waals surface area contributed by atoms with E-state index >= 15 is 0 Å². The summed E-state index contributed by atoms with van der Waals surface area (Å²) in [6.07, 6.45) is -0.594. The summed E-state index contributed by atoms with van der Waals surface area (Å²) in [5.74, 6) is 0. The summed E-state index contributed by atoms with van der Waals surface area (Å²) in [7, 11) is 0. The zero-order chi connectivity index (χ0) is 16.4. The van der Waals surface area contributed by atoms with Gasteiger partial charge in [-0.25, -0.2) is 18.4 Å². The molecule has 0 fully saturated rings. The number of hydrogen-bond acceptors (Lipinski definition) is 2. The smallest absolute Gasteiger partial charge is 0.247 e. The third-order valence-corrected chi connectivity index (χ3v) is 3.94. The highest BCUT2D eigenvalue weighted by Gasteiger charge is 2.20. The average molecular weight is 315 g/mol. The summed E-state index contributed by atoms with van der Waals surface area (Å²) in [6.45, 7) is 4.54. The van der Waals surface area contributed by atoms with E-state index in [4.69, 9.17) is 0 Å². The highest BCUT2D eigenvalue weighted by Crippen LogP contribution is 2.33. The van der Waals surface area contributed by atoms with Gasteiger partial charge >= 0.3 is 0 Å². The summed E-state index contributed by atoms with van der Waals surface area (Å²) < 4.78 is 28.9. The van der Waals surface area contributed by atoms with Crippen LogP contribution in [0.4, 0.5) is 8.78 Å². The molecule has 0 unspecified atom stereocenters. The first kappa shape index (κ1) is 15.6. The van der Waals surface area contributed by atoms with Crippen LogP contribution in [0.1, 0.15) is 37.4 Å². The molecule has 0 amide bonds. The van der Waals surface area contributed by atoms with Gasteiger partial charge in [0.15, 0.2) is 5.65 Å². The Kier molecular flexibility index (Phi) is 4.37. The van der Waals surface area contributed by atoms with Gasteiger partial charge in [0, 0.05) is 17.7 Å². The zero-order valence-corrected chi connectivity index (χ0v) is 13.3. The molecule has 0 radical (unpaired) electrons. The van der Waals surface area contributed by atoms with Crippen LogP contribution in [0, 0.1) is 6.92 Å². The summed E-state index contributed by atoms with van der Waals surface area (Å²) >= 11 is 0. The standard InChI is InChI=1S/C18H19F2N3/c1-3-4-10-23-18-16(12(2)22-23)14(17(19)20)11-15(21-18)13-8-6-5-7-9-13/h5-9,11,17H,3-4,10H2,1-2H3. The van der Waals surface area contributed by atoms with E-state index in [9.17, 15) is 8.78 Å². The molecular weight excluding hydrogens is 296 g/mol. The molecule has 5 heteroatoms. The van der Waals surface area contributed by atoms with Gasteiger partial charge in [0.25, 0.3) is 6.43 Å². The number of alkyl halides is 2. The number of aromatic nitrogens is 3. The van der Waals surface area contributed by atoms with E-state index < -0.39 is 6.43 Å². The molecule has 0 aliphatic rings. The maximum Gasteiger partial charge on any atom is 0.264 e. The Morgan fingerprint density at radius 2 is 1.91 bits per heavy atom. The molecule has 0 N–H and O–H groups in total. The molecule has 1 aromatic carbocycles. The molecule has 0 saturated heterocycles. The fraction of sp³-hybridized carbons (Fsp3) is 0.333. The Morgan fingerprint density at radius 3 is 2.57 bits per heavy atom. The minimum absolute atomic E-state index is 0.00843. The number of unbranched alkanes of at least 4 members (excludes halogenated alkanes) is 1. The maximum absolute atomic E-state index is 13.6. The first-order valence-corrected chi connectivity index (χ1v) is 7.83. The second kappa shape index (κ2) is 6.44. The number of aryl methyl sites for hydroxylation is 2.